The first-order valence-corrected chi connectivity index (χ1v) is 6.72. The molecule has 0 aliphatic heterocycles. The molecule has 1 atom stereocenters. The lowest BCUT2D eigenvalue weighted by molar-refractivity contribution is -0.117. The third kappa shape index (κ3) is 2.69. The lowest BCUT2D eigenvalue weighted by Crippen LogP contribution is -2.41. The monoisotopic (exact) mass is 298 g/mol. The maximum atomic E-state index is 12.2. The highest BCUT2D eigenvalue weighted by molar-refractivity contribution is 6.04. The van der Waals surface area contributed by atoms with Crippen molar-refractivity contribution >= 4 is 28.4 Å². The Kier molecular flexibility index (Phi) is 3.61. The van der Waals surface area contributed by atoms with Crippen LogP contribution in [0.5, 0.6) is 0 Å². The number of benzene rings is 1. The van der Waals surface area contributed by atoms with Crippen molar-refractivity contribution < 1.29 is 14.0 Å². The molecule has 0 aliphatic rings. The molecule has 22 heavy (non-hydrogen) atoms. The van der Waals surface area contributed by atoms with Gasteiger partial charge in [-0.05, 0) is 25.1 Å². The van der Waals surface area contributed by atoms with Crippen molar-refractivity contribution in [3.05, 3.63) is 48.6 Å². The van der Waals surface area contributed by atoms with Crippen molar-refractivity contribution in [3.8, 4) is 0 Å². The molecule has 0 spiro atoms. The van der Waals surface area contributed by atoms with Crippen LogP contribution in [0.15, 0.2) is 47.2 Å². The molecule has 0 aliphatic carbocycles. The number of hydrogen-bond acceptors (Lipinski definition) is 4. The van der Waals surface area contributed by atoms with E-state index < -0.39 is 11.9 Å². The maximum absolute atomic E-state index is 12.2. The maximum Gasteiger partial charge on any atom is 0.287 e. The summed E-state index contributed by atoms with van der Waals surface area (Å²) in [5, 5.41) is 13.0. The second-order valence-corrected chi connectivity index (χ2v) is 4.80. The molecule has 112 valence electrons. The van der Waals surface area contributed by atoms with E-state index in [0.29, 0.717) is 5.69 Å². The van der Waals surface area contributed by atoms with Gasteiger partial charge < -0.3 is 15.1 Å². The zero-order valence-electron chi connectivity index (χ0n) is 11.8. The fourth-order valence-electron chi connectivity index (χ4n) is 2.06. The quantitative estimate of drug-likeness (QED) is 0.685. The highest BCUT2D eigenvalue weighted by Gasteiger charge is 2.18. The van der Waals surface area contributed by atoms with Crippen LogP contribution < -0.4 is 10.6 Å². The minimum atomic E-state index is -0.712. The third-order valence-corrected chi connectivity index (χ3v) is 3.22. The van der Waals surface area contributed by atoms with Crippen LogP contribution in [-0.4, -0.2) is 28.1 Å². The van der Waals surface area contributed by atoms with Crippen molar-refractivity contribution in [2.75, 3.05) is 5.32 Å². The minimum absolute atomic E-state index is 0.162. The summed E-state index contributed by atoms with van der Waals surface area (Å²) in [6.07, 6.45) is 3.08. The molecular weight excluding hydrogens is 284 g/mol. The minimum Gasteiger partial charge on any atom is -0.459 e. The van der Waals surface area contributed by atoms with Gasteiger partial charge in [0.05, 0.1) is 23.7 Å². The van der Waals surface area contributed by atoms with Crippen LogP contribution in [0.25, 0.3) is 10.9 Å². The number of rotatable bonds is 4. The molecule has 0 fully saturated rings. The number of para-hydroxylation sites is 1. The van der Waals surface area contributed by atoms with Gasteiger partial charge in [-0.15, -0.1) is 0 Å². The molecule has 3 N–H and O–H groups in total. The Hall–Kier alpha value is -3.09. The summed E-state index contributed by atoms with van der Waals surface area (Å²) in [5.74, 6) is -0.607. The van der Waals surface area contributed by atoms with Gasteiger partial charge in [0.25, 0.3) is 5.91 Å². The van der Waals surface area contributed by atoms with E-state index in [0.717, 1.165) is 10.9 Å². The summed E-state index contributed by atoms with van der Waals surface area (Å²) in [4.78, 5) is 24.0. The number of fused-ring (bicyclic) bond motifs is 1. The van der Waals surface area contributed by atoms with E-state index >= 15 is 0 Å². The van der Waals surface area contributed by atoms with Crippen molar-refractivity contribution in [1.29, 1.82) is 0 Å². The summed E-state index contributed by atoms with van der Waals surface area (Å²) in [6.45, 7) is 1.60. The molecular formula is C15H14N4O3. The number of anilines is 1. The predicted octanol–water partition coefficient (Wildman–Crippen LogP) is 1.91. The van der Waals surface area contributed by atoms with Gasteiger partial charge in [-0.2, -0.15) is 5.10 Å². The number of carbonyl (C=O) groups is 2. The van der Waals surface area contributed by atoms with E-state index in [1.165, 1.54) is 12.3 Å². The van der Waals surface area contributed by atoms with Gasteiger partial charge >= 0.3 is 0 Å². The largest absolute Gasteiger partial charge is 0.459 e. The number of amides is 2. The Balaban J connectivity index is 1.69. The fourth-order valence-corrected chi connectivity index (χ4v) is 2.06. The molecule has 0 radical (unpaired) electrons. The number of nitrogens with zero attached hydrogens (tertiary/aromatic N) is 1. The van der Waals surface area contributed by atoms with E-state index in [9.17, 15) is 9.59 Å². The zero-order valence-corrected chi connectivity index (χ0v) is 11.8. The Morgan fingerprint density at radius 3 is 2.91 bits per heavy atom. The number of aromatic amines is 1. The number of H-pyrrole nitrogens is 1. The van der Waals surface area contributed by atoms with Crippen molar-refractivity contribution in [3.63, 3.8) is 0 Å². The van der Waals surface area contributed by atoms with Crippen molar-refractivity contribution in [2.24, 2.45) is 0 Å². The highest BCUT2D eigenvalue weighted by Crippen LogP contribution is 2.20. The summed E-state index contributed by atoms with van der Waals surface area (Å²) in [6, 6.07) is 7.90. The number of furan rings is 1. The van der Waals surface area contributed by atoms with Crippen LogP contribution in [-0.2, 0) is 4.79 Å². The molecule has 2 aromatic heterocycles. The second-order valence-electron chi connectivity index (χ2n) is 4.80. The van der Waals surface area contributed by atoms with Crippen LogP contribution in [0.2, 0.25) is 0 Å². The molecule has 2 heterocycles. The third-order valence-electron chi connectivity index (χ3n) is 3.22. The molecule has 7 nitrogen and oxygen atoms in total. The van der Waals surface area contributed by atoms with Crippen molar-refractivity contribution in [1.82, 2.24) is 15.5 Å². The Morgan fingerprint density at radius 1 is 1.27 bits per heavy atom. The highest BCUT2D eigenvalue weighted by atomic mass is 16.3. The Morgan fingerprint density at radius 2 is 2.14 bits per heavy atom. The molecule has 3 aromatic rings. The van der Waals surface area contributed by atoms with Gasteiger partial charge in [-0.3, -0.25) is 14.7 Å². The Labute approximate surface area is 125 Å². The smallest absolute Gasteiger partial charge is 0.287 e. The molecule has 7 heteroatoms. The van der Waals surface area contributed by atoms with E-state index in [1.54, 1.807) is 25.3 Å². The van der Waals surface area contributed by atoms with Crippen molar-refractivity contribution in [2.45, 2.75) is 13.0 Å². The van der Waals surface area contributed by atoms with Crippen LogP contribution in [0.3, 0.4) is 0 Å². The first-order chi connectivity index (χ1) is 10.6. The predicted molar refractivity (Wildman–Crippen MR) is 80.4 cm³/mol. The molecule has 0 unspecified atom stereocenters. The van der Waals surface area contributed by atoms with Crippen LogP contribution in [0, 0.1) is 0 Å². The lowest BCUT2D eigenvalue weighted by atomic mass is 10.2. The lowest BCUT2D eigenvalue weighted by Gasteiger charge is -2.13. The Bertz CT molecular complexity index is 807. The molecule has 0 saturated carbocycles. The molecule has 0 saturated heterocycles. The molecule has 1 aromatic carbocycles. The van der Waals surface area contributed by atoms with Gasteiger partial charge in [0.2, 0.25) is 5.91 Å². The second kappa shape index (κ2) is 5.72. The van der Waals surface area contributed by atoms with E-state index in [-0.39, 0.29) is 11.7 Å². The SMILES string of the molecule is C[C@H](NC(=O)c1ccco1)C(=O)Nc1cccc2cn[nH]c12. The average Bonchev–Trinajstić information content (AvgIpc) is 3.18. The number of carbonyl (C=O) groups excluding carboxylic acids is 2. The van der Waals surface area contributed by atoms with Crippen LogP contribution in [0.4, 0.5) is 5.69 Å². The van der Waals surface area contributed by atoms with E-state index in [1.807, 2.05) is 12.1 Å². The van der Waals surface area contributed by atoms with Gasteiger partial charge in [0, 0.05) is 5.39 Å². The number of nitrogens with one attached hydrogen (secondary N) is 3. The van der Waals surface area contributed by atoms with Crippen LogP contribution in [0.1, 0.15) is 17.5 Å². The molecule has 2 amide bonds. The van der Waals surface area contributed by atoms with E-state index in [4.69, 9.17) is 4.42 Å². The standard InChI is InChI=1S/C15H14N4O3/c1-9(17-15(21)12-6-3-7-22-12)14(20)18-11-5-2-4-10-8-16-19-13(10)11/h2-9H,1H3,(H,16,19)(H,17,21)(H,18,20)/t9-/m0/s1. The summed E-state index contributed by atoms with van der Waals surface area (Å²) >= 11 is 0. The molecule has 3 rings (SSSR count). The summed E-state index contributed by atoms with van der Waals surface area (Å²) in [5.41, 5.74) is 1.35. The topological polar surface area (TPSA) is 100 Å². The average molecular weight is 298 g/mol. The molecule has 0 bridgehead atoms. The van der Waals surface area contributed by atoms with Gasteiger partial charge in [-0.25, -0.2) is 0 Å². The van der Waals surface area contributed by atoms with Gasteiger partial charge in [-0.1, -0.05) is 12.1 Å². The van der Waals surface area contributed by atoms with Gasteiger partial charge in [0.15, 0.2) is 5.76 Å². The fraction of sp³-hybridized carbons (Fsp3) is 0.133. The number of aromatic nitrogens is 2. The first-order valence-electron chi connectivity index (χ1n) is 6.72. The first kappa shape index (κ1) is 13.9. The summed E-state index contributed by atoms with van der Waals surface area (Å²) < 4.78 is 4.98. The normalized spacial score (nSPS) is 12.0. The van der Waals surface area contributed by atoms with Gasteiger partial charge in [0.1, 0.15) is 6.04 Å². The number of hydrogen-bond donors (Lipinski definition) is 3. The van der Waals surface area contributed by atoms with E-state index in [2.05, 4.69) is 20.8 Å². The zero-order chi connectivity index (χ0) is 15.5. The summed E-state index contributed by atoms with van der Waals surface area (Å²) in [7, 11) is 0. The van der Waals surface area contributed by atoms with Crippen LogP contribution >= 0.6 is 0 Å².